The molecule has 0 aliphatic carbocycles. The lowest BCUT2D eigenvalue weighted by Gasteiger charge is -2.18. The maximum atomic E-state index is 13.3. The maximum Gasteiger partial charge on any atom is 0.133 e. The second-order valence-corrected chi connectivity index (χ2v) is 10.1. The van der Waals surface area contributed by atoms with Crippen molar-refractivity contribution in [1.29, 1.82) is 0 Å². The first-order valence-corrected chi connectivity index (χ1v) is 13.1. The average molecular weight is 501 g/mol. The lowest BCUT2D eigenvalue weighted by atomic mass is 9.85. The van der Waals surface area contributed by atoms with Gasteiger partial charge in [0.2, 0.25) is 0 Å². The van der Waals surface area contributed by atoms with Gasteiger partial charge < -0.3 is 9.47 Å². The maximum absolute atomic E-state index is 13.3. The Morgan fingerprint density at radius 3 is 2.44 bits per heavy atom. The molecule has 0 amide bonds. The zero-order valence-corrected chi connectivity index (χ0v) is 22.1. The van der Waals surface area contributed by atoms with E-state index in [4.69, 9.17) is 0 Å². The number of fused-ring (bicyclic) bond motifs is 1. The molecule has 4 heteroatoms. The number of likely N-dealkylation sites (tertiary alicyclic amines) is 1. The Balaban J connectivity index is 0.00000304. The molecule has 3 nitrogen and oxygen atoms in total. The van der Waals surface area contributed by atoms with Crippen molar-refractivity contribution in [2.45, 2.75) is 51.5 Å². The molecule has 3 aromatic carbocycles. The summed E-state index contributed by atoms with van der Waals surface area (Å²) in [5.41, 5.74) is 6.24. The largest absolute Gasteiger partial charge is 0.343 e. The van der Waals surface area contributed by atoms with Crippen LogP contribution in [0.2, 0.25) is 0 Å². The van der Waals surface area contributed by atoms with E-state index in [9.17, 15) is 4.79 Å². The Kier molecular flexibility index (Phi) is 9.01. The molecule has 1 unspecified atom stereocenters. The summed E-state index contributed by atoms with van der Waals surface area (Å²) in [7, 11) is 0. The van der Waals surface area contributed by atoms with E-state index in [-0.39, 0.29) is 18.3 Å². The molecule has 4 aromatic rings. The van der Waals surface area contributed by atoms with Crippen molar-refractivity contribution in [2.24, 2.45) is 0 Å². The summed E-state index contributed by atoms with van der Waals surface area (Å²) >= 11 is 0. The van der Waals surface area contributed by atoms with Crippen molar-refractivity contribution in [3.8, 4) is 0 Å². The first-order chi connectivity index (χ1) is 17.2. The molecule has 0 radical (unpaired) electrons. The summed E-state index contributed by atoms with van der Waals surface area (Å²) in [4.78, 5) is 15.8. The first kappa shape index (κ1) is 26.2. The van der Waals surface area contributed by atoms with Gasteiger partial charge in [-0.1, -0.05) is 78.4 Å². The number of benzene rings is 3. The molecule has 1 atom stereocenters. The van der Waals surface area contributed by atoms with Crippen molar-refractivity contribution >= 4 is 29.1 Å². The Morgan fingerprint density at radius 1 is 0.917 bits per heavy atom. The summed E-state index contributed by atoms with van der Waals surface area (Å²) in [5, 5.41) is 1.25. The minimum Gasteiger partial charge on any atom is -0.343 e. The molecule has 0 spiro atoms. The predicted molar refractivity (Wildman–Crippen MR) is 152 cm³/mol. The van der Waals surface area contributed by atoms with Crippen LogP contribution in [0, 0.1) is 6.92 Å². The van der Waals surface area contributed by atoms with Crippen LogP contribution in [0.3, 0.4) is 0 Å². The van der Waals surface area contributed by atoms with Crippen molar-refractivity contribution in [1.82, 2.24) is 9.47 Å². The van der Waals surface area contributed by atoms with Gasteiger partial charge in [-0.3, -0.25) is 4.79 Å². The van der Waals surface area contributed by atoms with Crippen LogP contribution in [-0.2, 0) is 11.3 Å². The third-order valence-electron chi connectivity index (χ3n) is 7.40. The van der Waals surface area contributed by atoms with Crippen LogP contribution in [-0.4, -0.2) is 34.9 Å². The molecule has 1 fully saturated rings. The van der Waals surface area contributed by atoms with Gasteiger partial charge in [0.25, 0.3) is 0 Å². The van der Waals surface area contributed by atoms with E-state index in [2.05, 4.69) is 101 Å². The van der Waals surface area contributed by atoms with Crippen LogP contribution < -0.4 is 0 Å². The van der Waals surface area contributed by atoms with Gasteiger partial charge >= 0.3 is 0 Å². The zero-order valence-electron chi connectivity index (χ0n) is 21.2. The number of Topliss-reactive ketones (excluding diaryl/α,β-unsaturated/α-hetero) is 1. The molecule has 0 bridgehead atoms. The van der Waals surface area contributed by atoms with E-state index in [0.717, 1.165) is 19.5 Å². The highest BCUT2D eigenvalue weighted by molar-refractivity contribution is 5.87. The fraction of sp³-hybridized carbons (Fsp3) is 0.344. The molecule has 36 heavy (non-hydrogen) atoms. The third kappa shape index (κ3) is 6.27. The molecule has 1 aliphatic rings. The van der Waals surface area contributed by atoms with E-state index in [1.807, 2.05) is 0 Å². The molecule has 5 rings (SSSR count). The minimum atomic E-state index is 0. The topological polar surface area (TPSA) is 25.2 Å². The number of carbonyl (C=O) groups is 1. The number of carbonyl (C=O) groups excluding carboxylic acids is 1. The molecule has 188 valence electrons. The smallest absolute Gasteiger partial charge is 0.133 e. The van der Waals surface area contributed by atoms with Crippen LogP contribution in [0.1, 0.15) is 60.3 Å². The lowest BCUT2D eigenvalue weighted by Crippen LogP contribution is -2.21. The normalized spacial score (nSPS) is 14.6. The van der Waals surface area contributed by atoms with Crippen LogP contribution in [0.5, 0.6) is 0 Å². The Bertz CT molecular complexity index is 1270. The third-order valence-corrected chi connectivity index (χ3v) is 7.40. The Morgan fingerprint density at radius 2 is 1.67 bits per heavy atom. The van der Waals surface area contributed by atoms with E-state index >= 15 is 0 Å². The Labute approximate surface area is 221 Å². The molecule has 2 heterocycles. The molecule has 0 saturated carbocycles. The second-order valence-electron chi connectivity index (χ2n) is 10.1. The Hall–Kier alpha value is -2.88. The summed E-state index contributed by atoms with van der Waals surface area (Å²) in [6, 6.07) is 28.0. The van der Waals surface area contributed by atoms with Crippen LogP contribution >= 0.6 is 12.4 Å². The van der Waals surface area contributed by atoms with E-state index in [1.165, 1.54) is 59.1 Å². The average Bonchev–Trinajstić information content (AvgIpc) is 3.52. The van der Waals surface area contributed by atoms with Crippen molar-refractivity contribution < 1.29 is 4.79 Å². The standard InChI is InChI=1S/C32H36N2O.ClH/c1-25-11-9-14-27(21-25)30(22-28(35)15-10-20-33-18-7-8-19-33)31-24-34(23-26-12-3-2-4-13-26)32-17-6-5-16-29(31)32;/h2-6,9,11-14,16-17,21,24,30H,7-8,10,15,18-20,22-23H2,1H3;1H. The van der Waals surface area contributed by atoms with Crippen molar-refractivity contribution in [3.05, 3.63) is 107 Å². The highest BCUT2D eigenvalue weighted by atomic mass is 35.5. The predicted octanol–water partition coefficient (Wildman–Crippen LogP) is 7.39. The number of aryl methyl sites for hydroxylation is 1. The van der Waals surface area contributed by atoms with Gasteiger partial charge in [0.15, 0.2) is 0 Å². The van der Waals surface area contributed by atoms with Gasteiger partial charge in [-0.05, 0) is 68.6 Å². The number of hydrogen-bond donors (Lipinski definition) is 0. The van der Waals surface area contributed by atoms with E-state index < -0.39 is 0 Å². The minimum absolute atomic E-state index is 0. The molecule has 1 aliphatic heterocycles. The molecular formula is C32H37ClN2O. The van der Waals surface area contributed by atoms with Gasteiger partial charge in [-0.25, -0.2) is 0 Å². The number of ketones is 1. The lowest BCUT2D eigenvalue weighted by molar-refractivity contribution is -0.119. The summed E-state index contributed by atoms with van der Waals surface area (Å²) in [6.45, 7) is 6.40. The fourth-order valence-corrected chi connectivity index (χ4v) is 5.59. The monoisotopic (exact) mass is 500 g/mol. The first-order valence-electron chi connectivity index (χ1n) is 13.1. The van der Waals surface area contributed by atoms with Crippen LogP contribution in [0.4, 0.5) is 0 Å². The molecule has 1 aromatic heterocycles. The van der Waals surface area contributed by atoms with Crippen molar-refractivity contribution in [3.63, 3.8) is 0 Å². The number of aromatic nitrogens is 1. The number of nitrogens with zero attached hydrogens (tertiary/aromatic N) is 2. The van der Waals surface area contributed by atoms with Crippen molar-refractivity contribution in [2.75, 3.05) is 19.6 Å². The number of halogens is 1. The number of hydrogen-bond acceptors (Lipinski definition) is 2. The highest BCUT2D eigenvalue weighted by Gasteiger charge is 2.23. The molecular weight excluding hydrogens is 464 g/mol. The number of rotatable bonds is 10. The second kappa shape index (κ2) is 12.4. The molecule has 0 N–H and O–H groups in total. The van der Waals surface area contributed by atoms with Gasteiger partial charge in [-0.15, -0.1) is 12.4 Å². The van der Waals surface area contributed by atoms with E-state index in [0.29, 0.717) is 18.6 Å². The molecule has 1 saturated heterocycles. The zero-order chi connectivity index (χ0) is 24.0. The van der Waals surface area contributed by atoms with Crippen LogP contribution in [0.15, 0.2) is 85.1 Å². The van der Waals surface area contributed by atoms with Gasteiger partial charge in [0.05, 0.1) is 0 Å². The summed E-state index contributed by atoms with van der Waals surface area (Å²) in [6.07, 6.45) is 7.09. The summed E-state index contributed by atoms with van der Waals surface area (Å²) in [5.74, 6) is 0.437. The highest BCUT2D eigenvalue weighted by Crippen LogP contribution is 2.36. The quantitative estimate of drug-likeness (QED) is 0.227. The van der Waals surface area contributed by atoms with Crippen LogP contribution in [0.25, 0.3) is 10.9 Å². The van der Waals surface area contributed by atoms with Gasteiger partial charge in [0.1, 0.15) is 5.78 Å². The summed E-state index contributed by atoms with van der Waals surface area (Å²) < 4.78 is 2.35. The van der Waals surface area contributed by atoms with Gasteiger partial charge in [0, 0.05) is 42.4 Å². The fourth-order valence-electron chi connectivity index (χ4n) is 5.59. The van der Waals surface area contributed by atoms with E-state index in [1.54, 1.807) is 0 Å². The number of para-hydroxylation sites is 1. The van der Waals surface area contributed by atoms with Gasteiger partial charge in [-0.2, -0.15) is 0 Å². The SMILES string of the molecule is Cc1cccc(C(CC(=O)CCCN2CCCC2)c2cn(Cc3ccccc3)c3ccccc23)c1.Cl.